The van der Waals surface area contributed by atoms with Gasteiger partial charge >= 0.3 is 0 Å². The van der Waals surface area contributed by atoms with E-state index in [9.17, 15) is 0 Å². The van der Waals surface area contributed by atoms with Crippen LogP contribution in [-0.2, 0) is 0 Å². The highest BCUT2D eigenvalue weighted by Gasteiger charge is 1.93. The lowest BCUT2D eigenvalue weighted by molar-refractivity contribution is 0.399. The van der Waals surface area contributed by atoms with Gasteiger partial charge < -0.3 is 10.2 Å². The number of allylic oxidation sites excluding steroid dienone is 5. The molecule has 1 rings (SSSR count). The molecule has 108 valence electrons. The van der Waals surface area contributed by atoms with Crippen molar-refractivity contribution in [3.8, 4) is 0 Å². The molecule has 0 atom stereocenters. The van der Waals surface area contributed by atoms with Crippen molar-refractivity contribution in [1.82, 2.24) is 0 Å². The summed E-state index contributed by atoms with van der Waals surface area (Å²) in [6.45, 7) is 9.71. The summed E-state index contributed by atoms with van der Waals surface area (Å²) in [5, 5.41) is 14.0. The molecule has 0 saturated carbocycles. The van der Waals surface area contributed by atoms with Crippen LogP contribution in [0.5, 0.6) is 0 Å². The molecule has 19 heavy (non-hydrogen) atoms. The zero-order valence-corrected chi connectivity index (χ0v) is 12.8. The molecule has 0 aromatic heterocycles. The summed E-state index contributed by atoms with van der Waals surface area (Å²) in [4.78, 5) is 0. The first-order chi connectivity index (χ1) is 9.38. The van der Waals surface area contributed by atoms with Crippen molar-refractivity contribution in [2.75, 3.05) is 14.2 Å². The number of hydrogen-bond donors (Lipinski definition) is 2. The third-order valence-corrected chi connectivity index (χ3v) is 1.75. The topological polar surface area (TPSA) is 40.5 Å². The summed E-state index contributed by atoms with van der Waals surface area (Å²) in [5.41, 5.74) is 2.42. The predicted molar refractivity (Wildman–Crippen MR) is 87.1 cm³/mol. The first-order valence-corrected chi connectivity index (χ1v) is 6.28. The highest BCUT2D eigenvalue weighted by molar-refractivity contribution is 5.74. The van der Waals surface area contributed by atoms with Crippen molar-refractivity contribution in [2.24, 2.45) is 0 Å². The molecule has 0 spiro atoms. The average Bonchev–Trinajstić information content (AvgIpc) is 2.54. The summed E-state index contributed by atoms with van der Waals surface area (Å²) in [5.74, 6) is 0. The quantitative estimate of drug-likeness (QED) is 0.808. The van der Waals surface area contributed by atoms with Crippen LogP contribution in [0.15, 0.2) is 61.2 Å². The Morgan fingerprint density at radius 3 is 1.84 bits per heavy atom. The molecule has 0 amide bonds. The van der Waals surface area contributed by atoms with Gasteiger partial charge in [0, 0.05) is 14.2 Å². The number of hydrogen-bond acceptors (Lipinski definition) is 2. The van der Waals surface area contributed by atoms with E-state index < -0.39 is 0 Å². The fourth-order valence-electron chi connectivity index (χ4n) is 1.19. The van der Waals surface area contributed by atoms with Gasteiger partial charge in [-0.3, -0.25) is 0 Å². The second-order valence-electron chi connectivity index (χ2n) is 2.72. The Bertz CT molecular complexity index is 324. The minimum atomic E-state index is 1.00. The number of rotatable bonds is 3. The van der Waals surface area contributed by atoms with E-state index in [1.54, 1.807) is 0 Å². The van der Waals surface area contributed by atoms with Gasteiger partial charge in [0.1, 0.15) is 0 Å². The molecule has 0 aliphatic carbocycles. The van der Waals surface area contributed by atoms with Gasteiger partial charge in [-0.05, 0) is 18.1 Å². The van der Waals surface area contributed by atoms with Crippen LogP contribution in [0, 0.1) is 0 Å². The summed E-state index contributed by atoms with van der Waals surface area (Å²) >= 11 is 0. The fourth-order valence-corrected chi connectivity index (χ4v) is 1.19. The Morgan fingerprint density at radius 2 is 1.47 bits per heavy atom. The van der Waals surface area contributed by atoms with Crippen molar-refractivity contribution in [2.45, 2.75) is 20.8 Å². The first kappa shape index (κ1) is 22.5. The Kier molecular flexibility index (Phi) is 25.6. The van der Waals surface area contributed by atoms with E-state index in [-0.39, 0.29) is 0 Å². The second-order valence-corrected chi connectivity index (χ2v) is 2.72. The largest absolute Gasteiger partial charge is 0.400 e. The van der Waals surface area contributed by atoms with Crippen LogP contribution in [0.25, 0.3) is 5.57 Å². The van der Waals surface area contributed by atoms with Gasteiger partial charge in [-0.1, -0.05) is 75.1 Å². The van der Waals surface area contributed by atoms with Gasteiger partial charge in [0.05, 0.1) is 0 Å². The van der Waals surface area contributed by atoms with Crippen molar-refractivity contribution >= 4 is 5.57 Å². The maximum absolute atomic E-state index is 7.00. The van der Waals surface area contributed by atoms with Crippen molar-refractivity contribution in [3.05, 3.63) is 66.8 Å². The molecule has 0 unspecified atom stereocenters. The van der Waals surface area contributed by atoms with Crippen molar-refractivity contribution < 1.29 is 10.2 Å². The summed E-state index contributed by atoms with van der Waals surface area (Å²) in [6.07, 6.45) is 7.93. The lowest BCUT2D eigenvalue weighted by Crippen LogP contribution is -1.78. The Balaban J connectivity index is -0.000000375. The van der Waals surface area contributed by atoms with Gasteiger partial charge in [-0.15, -0.1) is 0 Å². The fraction of sp³-hybridized carbons (Fsp3) is 0.294. The van der Waals surface area contributed by atoms with Gasteiger partial charge in [-0.2, -0.15) is 0 Å². The minimum Gasteiger partial charge on any atom is -0.400 e. The number of aliphatic hydroxyl groups is 2. The van der Waals surface area contributed by atoms with Gasteiger partial charge in [0.2, 0.25) is 0 Å². The van der Waals surface area contributed by atoms with Crippen LogP contribution in [0.1, 0.15) is 26.3 Å². The molecule has 2 heteroatoms. The lowest BCUT2D eigenvalue weighted by atomic mass is 10.1. The zero-order chi connectivity index (χ0) is 15.5. The van der Waals surface area contributed by atoms with Crippen LogP contribution in [0.3, 0.4) is 0 Å². The molecule has 1 aromatic carbocycles. The lowest BCUT2D eigenvalue weighted by Gasteiger charge is -1.99. The third kappa shape index (κ3) is 12.6. The standard InChI is InChI=1S/C13H14.C2H6.2CH4O/c1-3-8-12(9-4-2)13-10-6-5-7-11-13;3*1-2/h3-11H,1H2,2H3;1-2H3;2*2H,1H3/b9-4-,12-8+;;;. The Hall–Kier alpha value is -1.64. The van der Waals surface area contributed by atoms with Crippen LogP contribution in [-0.4, -0.2) is 24.4 Å². The third-order valence-electron chi connectivity index (χ3n) is 1.75. The van der Waals surface area contributed by atoms with Gasteiger partial charge in [0.15, 0.2) is 0 Å². The first-order valence-electron chi connectivity index (χ1n) is 6.28. The molecule has 0 aliphatic heterocycles. The van der Waals surface area contributed by atoms with Crippen molar-refractivity contribution in [1.29, 1.82) is 0 Å². The molecule has 2 nitrogen and oxygen atoms in total. The average molecular weight is 264 g/mol. The van der Waals surface area contributed by atoms with E-state index in [0.717, 1.165) is 14.2 Å². The molecule has 0 fully saturated rings. The second kappa shape index (κ2) is 21.6. The van der Waals surface area contributed by atoms with E-state index in [1.807, 2.05) is 57.2 Å². The summed E-state index contributed by atoms with van der Waals surface area (Å²) in [7, 11) is 2.00. The molecule has 2 N–H and O–H groups in total. The molecule has 0 saturated heterocycles. The molecule has 0 bridgehead atoms. The zero-order valence-electron chi connectivity index (χ0n) is 12.8. The highest BCUT2D eigenvalue weighted by atomic mass is 16.2. The monoisotopic (exact) mass is 264 g/mol. The van der Waals surface area contributed by atoms with E-state index >= 15 is 0 Å². The molecule has 0 aliphatic rings. The summed E-state index contributed by atoms with van der Waals surface area (Å²) < 4.78 is 0. The van der Waals surface area contributed by atoms with Crippen LogP contribution < -0.4 is 0 Å². The highest BCUT2D eigenvalue weighted by Crippen LogP contribution is 2.15. The predicted octanol–water partition coefficient (Wildman–Crippen LogP) is 4.08. The normalized spacial score (nSPS) is 9.11. The molecule has 1 aromatic rings. The maximum atomic E-state index is 7.00. The van der Waals surface area contributed by atoms with E-state index in [4.69, 9.17) is 10.2 Å². The van der Waals surface area contributed by atoms with E-state index in [0.29, 0.717) is 0 Å². The Labute approximate surface area is 118 Å². The van der Waals surface area contributed by atoms with E-state index in [1.165, 1.54) is 11.1 Å². The maximum Gasteiger partial charge on any atom is 0.0319 e. The molecule has 0 radical (unpaired) electrons. The molecular formula is C17H28O2. The minimum absolute atomic E-state index is 1.00. The van der Waals surface area contributed by atoms with Gasteiger partial charge in [-0.25, -0.2) is 0 Å². The van der Waals surface area contributed by atoms with Crippen LogP contribution >= 0.6 is 0 Å². The number of aliphatic hydroxyl groups excluding tert-OH is 2. The van der Waals surface area contributed by atoms with E-state index in [2.05, 4.69) is 24.8 Å². The smallest absolute Gasteiger partial charge is 0.0319 e. The Morgan fingerprint density at radius 1 is 1.00 bits per heavy atom. The number of benzene rings is 1. The molecular weight excluding hydrogens is 236 g/mol. The van der Waals surface area contributed by atoms with Gasteiger partial charge in [0.25, 0.3) is 0 Å². The van der Waals surface area contributed by atoms with Crippen LogP contribution in [0.2, 0.25) is 0 Å². The summed E-state index contributed by atoms with van der Waals surface area (Å²) in [6, 6.07) is 10.3. The van der Waals surface area contributed by atoms with Crippen LogP contribution in [0.4, 0.5) is 0 Å². The van der Waals surface area contributed by atoms with Crippen molar-refractivity contribution in [3.63, 3.8) is 0 Å². The molecule has 0 heterocycles. The SMILES string of the molecule is C=C/C=C(\C=C/C)c1ccccc1.CC.CO.CO.